The van der Waals surface area contributed by atoms with Crippen LogP contribution in [0.1, 0.15) is 37.0 Å². The van der Waals surface area contributed by atoms with E-state index in [9.17, 15) is 9.59 Å². The van der Waals surface area contributed by atoms with Crippen molar-refractivity contribution in [1.29, 1.82) is 0 Å². The Morgan fingerprint density at radius 1 is 1.26 bits per heavy atom. The van der Waals surface area contributed by atoms with Crippen LogP contribution in [0.15, 0.2) is 4.52 Å². The van der Waals surface area contributed by atoms with Gasteiger partial charge in [-0.15, -0.1) is 0 Å². The third-order valence-corrected chi connectivity index (χ3v) is 2.50. The summed E-state index contributed by atoms with van der Waals surface area (Å²) < 4.78 is 14.6. The second-order valence-corrected chi connectivity index (χ2v) is 3.69. The Kier molecular flexibility index (Phi) is 5.35. The molecular weight excluding hydrogens is 252 g/mol. The number of hydrogen-bond donors (Lipinski definition) is 0. The molecule has 0 N–H and O–H groups in total. The maximum absolute atomic E-state index is 12.1. The van der Waals surface area contributed by atoms with E-state index in [4.69, 9.17) is 9.26 Å². The molecular formula is C12H18N2O5. The van der Waals surface area contributed by atoms with Gasteiger partial charge in [-0.1, -0.05) is 5.16 Å². The minimum absolute atomic E-state index is 0.00958. The lowest BCUT2D eigenvalue weighted by Gasteiger charge is -2.16. The van der Waals surface area contributed by atoms with Gasteiger partial charge >= 0.3 is 6.16 Å². The van der Waals surface area contributed by atoms with Crippen molar-refractivity contribution in [2.45, 2.75) is 27.7 Å². The van der Waals surface area contributed by atoms with E-state index in [2.05, 4.69) is 9.89 Å². The van der Waals surface area contributed by atoms with E-state index in [-0.39, 0.29) is 24.0 Å². The molecule has 1 heterocycles. The molecule has 7 heteroatoms. The predicted molar refractivity (Wildman–Crippen MR) is 66.1 cm³/mol. The summed E-state index contributed by atoms with van der Waals surface area (Å²) in [5.74, 6) is -0.450. The Labute approximate surface area is 111 Å². The van der Waals surface area contributed by atoms with Gasteiger partial charge in [-0.25, -0.2) is 4.79 Å². The average molecular weight is 270 g/mol. The molecule has 0 saturated heterocycles. The summed E-state index contributed by atoms with van der Waals surface area (Å²) >= 11 is 0. The van der Waals surface area contributed by atoms with Crippen LogP contribution < -0.4 is 4.74 Å². The highest BCUT2D eigenvalue weighted by Gasteiger charge is 2.27. The Balaban J connectivity index is 2.97. The Hall–Kier alpha value is -2.05. The van der Waals surface area contributed by atoms with Gasteiger partial charge in [0.2, 0.25) is 5.75 Å². The standard InChI is InChI=1S/C12H18N2O5/c1-5-14(6-2)11(15)10-9(8(4)13-19-10)18-12(16)17-7-3/h5-7H2,1-4H3. The molecule has 1 aromatic heterocycles. The Morgan fingerprint density at radius 2 is 1.89 bits per heavy atom. The highest BCUT2D eigenvalue weighted by atomic mass is 16.7. The van der Waals surface area contributed by atoms with Crippen LogP contribution in [0, 0.1) is 6.92 Å². The van der Waals surface area contributed by atoms with Crippen molar-refractivity contribution in [3.63, 3.8) is 0 Å². The first-order valence-electron chi connectivity index (χ1n) is 6.15. The zero-order valence-corrected chi connectivity index (χ0v) is 11.6. The van der Waals surface area contributed by atoms with Crippen LogP contribution in [0.2, 0.25) is 0 Å². The molecule has 0 aliphatic rings. The molecule has 0 radical (unpaired) electrons. The summed E-state index contributed by atoms with van der Waals surface area (Å²) in [6, 6.07) is 0. The quantitative estimate of drug-likeness (QED) is 0.761. The van der Waals surface area contributed by atoms with Crippen LogP contribution in [0.5, 0.6) is 5.75 Å². The third kappa shape index (κ3) is 3.46. The number of amides is 1. The number of aryl methyl sites for hydroxylation is 1. The summed E-state index contributed by atoms with van der Waals surface area (Å²) in [7, 11) is 0. The first-order valence-corrected chi connectivity index (χ1v) is 6.15. The zero-order chi connectivity index (χ0) is 14.4. The lowest BCUT2D eigenvalue weighted by atomic mass is 10.3. The van der Waals surface area contributed by atoms with Crippen LogP contribution in [0.3, 0.4) is 0 Å². The fraction of sp³-hybridized carbons (Fsp3) is 0.583. The lowest BCUT2D eigenvalue weighted by molar-refractivity contribution is 0.0721. The lowest BCUT2D eigenvalue weighted by Crippen LogP contribution is -2.30. The summed E-state index contributed by atoms with van der Waals surface area (Å²) in [5.41, 5.74) is 0.323. The van der Waals surface area contributed by atoms with E-state index in [1.807, 2.05) is 13.8 Å². The van der Waals surface area contributed by atoms with Crippen LogP contribution in [0.4, 0.5) is 4.79 Å². The number of carbonyl (C=O) groups is 2. The second-order valence-electron chi connectivity index (χ2n) is 3.69. The molecule has 0 fully saturated rings. The van der Waals surface area contributed by atoms with Crippen molar-refractivity contribution in [2.24, 2.45) is 0 Å². The Morgan fingerprint density at radius 3 is 2.42 bits per heavy atom. The molecule has 1 amide bonds. The summed E-state index contributed by atoms with van der Waals surface area (Å²) in [5, 5.41) is 3.65. The van der Waals surface area contributed by atoms with Crippen LogP contribution >= 0.6 is 0 Å². The number of rotatable bonds is 5. The minimum Gasteiger partial charge on any atom is -0.434 e. The molecule has 0 saturated carbocycles. The molecule has 1 aromatic rings. The maximum atomic E-state index is 12.1. The molecule has 7 nitrogen and oxygen atoms in total. The molecule has 106 valence electrons. The topological polar surface area (TPSA) is 81.9 Å². The van der Waals surface area contributed by atoms with Crippen LogP contribution in [-0.4, -0.2) is 41.8 Å². The molecule has 0 spiro atoms. The van der Waals surface area contributed by atoms with Crippen molar-refractivity contribution >= 4 is 12.1 Å². The molecule has 0 aromatic carbocycles. The van der Waals surface area contributed by atoms with Gasteiger partial charge in [0.05, 0.1) is 6.61 Å². The fourth-order valence-electron chi connectivity index (χ4n) is 1.50. The Bertz CT molecular complexity index is 451. The second kappa shape index (κ2) is 6.77. The van der Waals surface area contributed by atoms with Crippen molar-refractivity contribution in [3.05, 3.63) is 11.5 Å². The SMILES string of the molecule is CCOC(=O)Oc1c(C)noc1C(=O)N(CC)CC. The van der Waals surface area contributed by atoms with E-state index in [0.29, 0.717) is 18.8 Å². The van der Waals surface area contributed by atoms with E-state index in [1.165, 1.54) is 4.90 Å². The number of nitrogens with zero attached hydrogens (tertiary/aromatic N) is 2. The van der Waals surface area contributed by atoms with Crippen molar-refractivity contribution in [2.75, 3.05) is 19.7 Å². The summed E-state index contributed by atoms with van der Waals surface area (Å²) in [6.45, 7) is 8.15. The normalized spacial score (nSPS) is 10.1. The van der Waals surface area contributed by atoms with E-state index < -0.39 is 6.16 Å². The fourth-order valence-corrected chi connectivity index (χ4v) is 1.50. The summed E-state index contributed by atoms with van der Waals surface area (Å²) in [4.78, 5) is 25.0. The number of hydrogen-bond acceptors (Lipinski definition) is 6. The van der Waals surface area contributed by atoms with Gasteiger partial charge in [0, 0.05) is 13.1 Å². The van der Waals surface area contributed by atoms with Gasteiger partial charge in [0.25, 0.3) is 11.7 Å². The van der Waals surface area contributed by atoms with Crippen molar-refractivity contribution in [1.82, 2.24) is 10.1 Å². The maximum Gasteiger partial charge on any atom is 0.514 e. The molecule has 0 aliphatic carbocycles. The third-order valence-electron chi connectivity index (χ3n) is 2.50. The molecule has 19 heavy (non-hydrogen) atoms. The van der Waals surface area contributed by atoms with Gasteiger partial charge in [0.1, 0.15) is 5.69 Å². The molecule has 1 rings (SSSR count). The largest absolute Gasteiger partial charge is 0.514 e. The molecule has 0 unspecified atom stereocenters. The van der Waals surface area contributed by atoms with E-state index in [1.54, 1.807) is 13.8 Å². The average Bonchev–Trinajstić information content (AvgIpc) is 2.73. The first-order chi connectivity index (χ1) is 9.04. The monoisotopic (exact) mass is 270 g/mol. The molecule has 0 bridgehead atoms. The van der Waals surface area contributed by atoms with Gasteiger partial charge in [0.15, 0.2) is 0 Å². The van der Waals surface area contributed by atoms with Crippen LogP contribution in [0.25, 0.3) is 0 Å². The van der Waals surface area contributed by atoms with Crippen molar-refractivity contribution in [3.8, 4) is 5.75 Å². The highest BCUT2D eigenvalue weighted by Crippen LogP contribution is 2.25. The molecule has 0 atom stereocenters. The molecule has 0 aliphatic heterocycles. The zero-order valence-electron chi connectivity index (χ0n) is 11.6. The van der Waals surface area contributed by atoms with Crippen LogP contribution in [-0.2, 0) is 4.74 Å². The number of ether oxygens (including phenoxy) is 2. The van der Waals surface area contributed by atoms with Gasteiger partial charge < -0.3 is 18.9 Å². The first kappa shape index (κ1) is 15.0. The smallest absolute Gasteiger partial charge is 0.434 e. The van der Waals surface area contributed by atoms with E-state index in [0.717, 1.165) is 0 Å². The van der Waals surface area contributed by atoms with Gasteiger partial charge in [-0.05, 0) is 27.7 Å². The van der Waals surface area contributed by atoms with Gasteiger partial charge in [-0.3, -0.25) is 4.79 Å². The summed E-state index contributed by atoms with van der Waals surface area (Å²) in [6.07, 6.45) is -0.887. The number of aromatic nitrogens is 1. The van der Waals surface area contributed by atoms with Crippen molar-refractivity contribution < 1.29 is 23.6 Å². The highest BCUT2D eigenvalue weighted by molar-refractivity contribution is 5.94. The van der Waals surface area contributed by atoms with Gasteiger partial charge in [-0.2, -0.15) is 0 Å². The minimum atomic E-state index is -0.887. The van der Waals surface area contributed by atoms with E-state index >= 15 is 0 Å². The predicted octanol–water partition coefficient (Wildman–Crippen LogP) is 2.00. The number of carbonyl (C=O) groups excluding carboxylic acids is 2.